The van der Waals surface area contributed by atoms with Crippen LogP contribution in [0.3, 0.4) is 0 Å². The first-order valence-corrected chi connectivity index (χ1v) is 8.98. The van der Waals surface area contributed by atoms with E-state index in [2.05, 4.69) is 20.6 Å². The zero-order chi connectivity index (χ0) is 22.7. The van der Waals surface area contributed by atoms with Crippen molar-refractivity contribution >= 4 is 29.8 Å². The minimum Gasteiger partial charge on any atom is -0.465 e. The van der Waals surface area contributed by atoms with Gasteiger partial charge in [-0.2, -0.15) is 0 Å². The number of nitrogens with zero attached hydrogens (tertiary/aromatic N) is 3. The maximum absolute atomic E-state index is 11.4. The van der Waals surface area contributed by atoms with Crippen LogP contribution in [-0.4, -0.2) is 58.1 Å². The van der Waals surface area contributed by atoms with Crippen molar-refractivity contribution in [3.63, 3.8) is 0 Å². The summed E-state index contributed by atoms with van der Waals surface area (Å²) in [6, 6.07) is 3.31. The Balaban J connectivity index is 0.000000303. The van der Waals surface area contributed by atoms with Gasteiger partial charge in [0.15, 0.2) is 6.29 Å². The van der Waals surface area contributed by atoms with E-state index >= 15 is 0 Å². The topological polar surface area (TPSA) is 134 Å². The summed E-state index contributed by atoms with van der Waals surface area (Å²) in [6.07, 6.45) is 4.99. The molecule has 0 aliphatic carbocycles. The molecule has 30 heavy (non-hydrogen) atoms. The average molecular weight is 417 g/mol. The zero-order valence-electron chi connectivity index (χ0n) is 17.7. The third-order valence-corrected chi connectivity index (χ3v) is 3.26. The molecule has 0 radical (unpaired) electrons. The predicted molar refractivity (Wildman–Crippen MR) is 113 cm³/mol. The van der Waals surface area contributed by atoms with Crippen LogP contribution in [0.25, 0.3) is 0 Å². The van der Waals surface area contributed by atoms with Gasteiger partial charge in [0.25, 0.3) is 0 Å². The maximum atomic E-state index is 11.4. The Kier molecular flexibility index (Phi) is 9.37. The van der Waals surface area contributed by atoms with Crippen molar-refractivity contribution in [2.24, 2.45) is 0 Å². The summed E-state index contributed by atoms with van der Waals surface area (Å²) in [7, 11) is 3.84. The van der Waals surface area contributed by atoms with E-state index in [9.17, 15) is 14.4 Å². The van der Waals surface area contributed by atoms with Crippen LogP contribution in [0.2, 0.25) is 0 Å². The van der Waals surface area contributed by atoms with Crippen molar-refractivity contribution in [1.82, 2.24) is 14.9 Å². The molecule has 2 aromatic rings. The van der Waals surface area contributed by atoms with Gasteiger partial charge in [0.2, 0.25) is 0 Å². The molecule has 0 aliphatic rings. The number of hydrogen-bond donors (Lipinski definition) is 3. The van der Waals surface area contributed by atoms with Gasteiger partial charge in [-0.15, -0.1) is 0 Å². The highest BCUT2D eigenvalue weighted by atomic mass is 16.6. The summed E-state index contributed by atoms with van der Waals surface area (Å²) < 4.78 is 5.05. The molecule has 0 atom stereocenters. The number of aldehydes is 1. The van der Waals surface area contributed by atoms with Crippen molar-refractivity contribution < 1.29 is 24.2 Å². The lowest BCUT2D eigenvalue weighted by molar-refractivity contribution is 0.0635. The first-order chi connectivity index (χ1) is 14.0. The predicted octanol–water partition coefficient (Wildman–Crippen LogP) is 3.47. The van der Waals surface area contributed by atoms with Crippen LogP contribution in [0, 0.1) is 0 Å². The van der Waals surface area contributed by atoms with Crippen LogP contribution in [0.5, 0.6) is 0 Å². The number of hydrogen-bond acceptors (Lipinski definition) is 7. The number of pyridine rings is 2. The third kappa shape index (κ3) is 9.60. The smallest absolute Gasteiger partial charge is 0.412 e. The molecule has 0 spiro atoms. The highest BCUT2D eigenvalue weighted by molar-refractivity contribution is 5.92. The molecule has 0 aliphatic heterocycles. The first kappa shape index (κ1) is 24.5. The second-order valence-corrected chi connectivity index (χ2v) is 7.41. The lowest BCUT2D eigenvalue weighted by Gasteiger charge is -2.19. The van der Waals surface area contributed by atoms with Gasteiger partial charge in [-0.1, -0.05) is 0 Å². The summed E-state index contributed by atoms with van der Waals surface area (Å²) in [6.45, 7) is 5.96. The van der Waals surface area contributed by atoms with E-state index in [1.807, 2.05) is 19.0 Å². The van der Waals surface area contributed by atoms with Crippen molar-refractivity contribution in [1.29, 1.82) is 0 Å². The van der Waals surface area contributed by atoms with Gasteiger partial charge in [-0.05, 0) is 52.6 Å². The number of amides is 2. The Hall–Kier alpha value is -3.53. The highest BCUT2D eigenvalue weighted by Gasteiger charge is 2.17. The number of nitrogens with one attached hydrogen (secondary N) is 2. The second-order valence-electron chi connectivity index (χ2n) is 7.41. The Morgan fingerprint density at radius 1 is 1.10 bits per heavy atom. The fourth-order valence-corrected chi connectivity index (χ4v) is 2.16. The summed E-state index contributed by atoms with van der Waals surface area (Å²) in [4.78, 5) is 42.2. The molecule has 10 nitrogen and oxygen atoms in total. The molecular weight excluding hydrogens is 390 g/mol. The molecule has 0 aromatic carbocycles. The molecule has 10 heteroatoms. The van der Waals surface area contributed by atoms with Gasteiger partial charge >= 0.3 is 12.2 Å². The Morgan fingerprint density at radius 2 is 1.70 bits per heavy atom. The van der Waals surface area contributed by atoms with Crippen molar-refractivity contribution in [3.05, 3.63) is 48.0 Å². The Labute approximate surface area is 175 Å². The third-order valence-electron chi connectivity index (χ3n) is 3.26. The quantitative estimate of drug-likeness (QED) is 0.630. The van der Waals surface area contributed by atoms with Gasteiger partial charge in [0.05, 0.1) is 23.8 Å². The molecule has 2 rings (SSSR count). The molecule has 0 unspecified atom stereocenters. The first-order valence-electron chi connectivity index (χ1n) is 8.98. The molecule has 2 heterocycles. The highest BCUT2D eigenvalue weighted by Crippen LogP contribution is 2.15. The van der Waals surface area contributed by atoms with E-state index in [-0.39, 0.29) is 0 Å². The standard InChI is InChI=1S/C11H14N2O3.C9H13N3O2/c1-11(2,3)16-10(15)13-9-6-12-5-4-8(9)7-14;1-12(2)6-7-3-4-10-5-8(7)11-9(13)14/h4-7H,1-3H3,(H,13,15);3-5,11H,6H2,1-2H3,(H,13,14). The molecule has 162 valence electrons. The molecule has 0 fully saturated rings. The molecule has 2 amide bonds. The van der Waals surface area contributed by atoms with Gasteiger partial charge in [0, 0.05) is 24.5 Å². The van der Waals surface area contributed by atoms with Crippen LogP contribution >= 0.6 is 0 Å². The Bertz CT molecular complexity index is 865. The molecule has 2 aromatic heterocycles. The zero-order valence-corrected chi connectivity index (χ0v) is 17.7. The number of carbonyl (C=O) groups is 3. The van der Waals surface area contributed by atoms with E-state index in [1.54, 1.807) is 33.0 Å². The second kappa shape index (κ2) is 11.5. The van der Waals surface area contributed by atoms with Crippen molar-refractivity contribution in [2.45, 2.75) is 32.9 Å². The number of carboxylic acid groups (broad SMARTS) is 1. The van der Waals surface area contributed by atoms with Crippen LogP contribution in [0.15, 0.2) is 36.9 Å². The molecule has 0 saturated heterocycles. The SMILES string of the molecule is CC(C)(C)OC(=O)Nc1cnccc1C=O.CN(C)Cc1ccncc1NC(=O)O. The van der Waals surface area contributed by atoms with E-state index in [0.29, 0.717) is 29.8 Å². The lowest BCUT2D eigenvalue weighted by Crippen LogP contribution is -2.27. The minimum atomic E-state index is -1.07. The van der Waals surface area contributed by atoms with Gasteiger partial charge in [-0.25, -0.2) is 9.59 Å². The lowest BCUT2D eigenvalue weighted by atomic mass is 10.2. The molecular formula is C20H27N5O5. The van der Waals surface area contributed by atoms with E-state index in [0.717, 1.165) is 5.56 Å². The number of rotatable bonds is 5. The van der Waals surface area contributed by atoms with E-state index in [1.165, 1.54) is 24.7 Å². The van der Waals surface area contributed by atoms with E-state index in [4.69, 9.17) is 9.84 Å². The summed E-state index contributed by atoms with van der Waals surface area (Å²) in [5.74, 6) is 0. The maximum Gasteiger partial charge on any atom is 0.412 e. The van der Waals surface area contributed by atoms with Crippen molar-refractivity contribution in [3.8, 4) is 0 Å². The fourth-order valence-electron chi connectivity index (χ4n) is 2.16. The number of carbonyl (C=O) groups excluding carboxylic acids is 2. The molecule has 0 saturated carbocycles. The number of anilines is 2. The van der Waals surface area contributed by atoms with Gasteiger partial charge in [-0.3, -0.25) is 25.4 Å². The van der Waals surface area contributed by atoms with Crippen LogP contribution in [-0.2, 0) is 11.3 Å². The summed E-state index contributed by atoms with van der Waals surface area (Å²) in [5.41, 5.74) is 1.57. The van der Waals surface area contributed by atoms with Crippen molar-refractivity contribution in [2.75, 3.05) is 24.7 Å². The fraction of sp³-hybridized carbons (Fsp3) is 0.350. The van der Waals surface area contributed by atoms with Crippen LogP contribution in [0.1, 0.15) is 36.7 Å². The van der Waals surface area contributed by atoms with E-state index < -0.39 is 17.8 Å². The number of ether oxygens (including phenoxy) is 1. The molecule has 3 N–H and O–H groups in total. The van der Waals surface area contributed by atoms with Crippen LogP contribution < -0.4 is 10.6 Å². The summed E-state index contributed by atoms with van der Waals surface area (Å²) >= 11 is 0. The van der Waals surface area contributed by atoms with Gasteiger partial charge < -0.3 is 14.7 Å². The summed E-state index contributed by atoms with van der Waals surface area (Å²) in [5, 5.41) is 13.3. The average Bonchev–Trinajstić information content (AvgIpc) is 2.62. The Morgan fingerprint density at radius 3 is 2.23 bits per heavy atom. The normalized spacial score (nSPS) is 10.5. The largest absolute Gasteiger partial charge is 0.465 e. The monoisotopic (exact) mass is 417 g/mol. The van der Waals surface area contributed by atoms with Gasteiger partial charge in [0.1, 0.15) is 5.60 Å². The van der Waals surface area contributed by atoms with Crippen LogP contribution in [0.4, 0.5) is 21.0 Å². The molecule has 0 bridgehead atoms. The minimum absolute atomic E-state index is 0.340. The number of aromatic nitrogens is 2.